The van der Waals surface area contributed by atoms with E-state index in [1.807, 2.05) is 41.3 Å². The van der Waals surface area contributed by atoms with E-state index in [9.17, 15) is 9.59 Å². The van der Waals surface area contributed by atoms with Crippen LogP contribution >= 0.6 is 11.3 Å². The molecule has 0 atom stereocenters. The average Bonchev–Trinajstić information content (AvgIpc) is 3.25. The first-order chi connectivity index (χ1) is 15.1. The first-order valence-corrected chi connectivity index (χ1v) is 12.0. The monoisotopic (exact) mass is 441 g/mol. The molecule has 4 rings (SSSR count). The summed E-state index contributed by atoms with van der Waals surface area (Å²) < 4.78 is 5.47. The highest BCUT2D eigenvalue weighted by atomic mass is 32.1. The lowest BCUT2D eigenvalue weighted by Gasteiger charge is -2.34. The van der Waals surface area contributed by atoms with Crippen molar-refractivity contribution in [1.82, 2.24) is 15.5 Å². The molecule has 2 heterocycles. The van der Waals surface area contributed by atoms with Crippen molar-refractivity contribution in [3.63, 3.8) is 0 Å². The van der Waals surface area contributed by atoms with Crippen molar-refractivity contribution in [1.29, 1.82) is 0 Å². The highest BCUT2D eigenvalue weighted by Gasteiger charge is 2.27. The van der Waals surface area contributed by atoms with Gasteiger partial charge in [-0.25, -0.2) is 4.79 Å². The first-order valence-electron chi connectivity index (χ1n) is 11.2. The van der Waals surface area contributed by atoms with Gasteiger partial charge in [-0.05, 0) is 37.3 Å². The summed E-state index contributed by atoms with van der Waals surface area (Å²) >= 11 is 1.45. The molecule has 1 aromatic heterocycles. The van der Waals surface area contributed by atoms with Gasteiger partial charge < -0.3 is 20.3 Å². The molecule has 1 aliphatic heterocycles. The number of urea groups is 1. The lowest BCUT2D eigenvalue weighted by molar-refractivity contribution is 0.0919. The van der Waals surface area contributed by atoms with Gasteiger partial charge in [0.15, 0.2) is 0 Å². The van der Waals surface area contributed by atoms with Crippen LogP contribution < -0.4 is 15.4 Å². The summed E-state index contributed by atoms with van der Waals surface area (Å²) in [5.41, 5.74) is 1.07. The summed E-state index contributed by atoms with van der Waals surface area (Å²) in [4.78, 5) is 29.0. The van der Waals surface area contributed by atoms with Gasteiger partial charge in [0.1, 0.15) is 10.6 Å². The van der Waals surface area contributed by atoms with Crippen LogP contribution in [0.5, 0.6) is 5.75 Å². The number of ether oxygens (including phenoxy) is 1. The Balaban J connectivity index is 1.31. The number of likely N-dealkylation sites (tertiary alicyclic amines) is 1. The first kappa shape index (κ1) is 21.7. The summed E-state index contributed by atoms with van der Waals surface area (Å²) in [6.45, 7) is 1.33. The normalized spacial score (nSPS) is 17.9. The Labute approximate surface area is 188 Å². The maximum atomic E-state index is 12.9. The fourth-order valence-electron chi connectivity index (χ4n) is 4.42. The molecule has 6 nitrogen and oxygen atoms in total. The lowest BCUT2D eigenvalue weighted by atomic mass is 9.95. The maximum Gasteiger partial charge on any atom is 0.317 e. The quantitative estimate of drug-likeness (QED) is 0.709. The van der Waals surface area contributed by atoms with Gasteiger partial charge in [-0.1, -0.05) is 49.6 Å². The number of hydrogen-bond donors (Lipinski definition) is 2. The zero-order chi connectivity index (χ0) is 21.6. The van der Waals surface area contributed by atoms with Crippen LogP contribution in [0.25, 0.3) is 10.4 Å². The van der Waals surface area contributed by atoms with E-state index in [0.717, 1.165) is 36.1 Å². The minimum Gasteiger partial charge on any atom is -0.495 e. The lowest BCUT2D eigenvalue weighted by Crippen LogP contribution is -2.51. The number of nitrogens with one attached hydrogen (secondary N) is 2. The predicted molar refractivity (Wildman–Crippen MR) is 124 cm³/mol. The van der Waals surface area contributed by atoms with Crippen LogP contribution in [-0.2, 0) is 0 Å². The van der Waals surface area contributed by atoms with Crippen LogP contribution in [0.15, 0.2) is 36.4 Å². The third-order valence-electron chi connectivity index (χ3n) is 6.23. The van der Waals surface area contributed by atoms with Gasteiger partial charge in [0.25, 0.3) is 5.91 Å². The summed E-state index contributed by atoms with van der Waals surface area (Å²) in [6, 6.07) is 12.4. The number of carbonyl (C=O) groups excluding carboxylic acids is 2. The Morgan fingerprint density at radius 1 is 0.968 bits per heavy atom. The molecule has 0 spiro atoms. The fourth-order valence-corrected chi connectivity index (χ4v) is 5.45. The number of benzene rings is 1. The van der Waals surface area contributed by atoms with Crippen LogP contribution in [0, 0.1) is 0 Å². The van der Waals surface area contributed by atoms with E-state index in [0.29, 0.717) is 29.8 Å². The molecule has 2 aromatic rings. The third kappa shape index (κ3) is 5.39. The van der Waals surface area contributed by atoms with E-state index in [2.05, 4.69) is 10.6 Å². The topological polar surface area (TPSA) is 70.7 Å². The number of thiophene rings is 1. The molecule has 2 fully saturated rings. The van der Waals surface area contributed by atoms with E-state index in [1.54, 1.807) is 7.11 Å². The second kappa shape index (κ2) is 10.2. The number of methoxy groups -OCH3 is 1. The Morgan fingerprint density at radius 2 is 1.65 bits per heavy atom. The predicted octanol–water partition coefficient (Wildman–Crippen LogP) is 4.66. The van der Waals surface area contributed by atoms with E-state index >= 15 is 0 Å². The standard InChI is InChI=1S/C24H31N3O3S/c1-30-20-16-21(17-8-4-2-5-9-17)31-22(20)23(28)25-19-12-14-27(15-13-19)24(29)26-18-10-6-3-7-11-18/h2,4-5,8-9,16,18-19H,3,6-7,10-15H2,1H3,(H,25,28)(H,26,29). The molecule has 0 bridgehead atoms. The summed E-state index contributed by atoms with van der Waals surface area (Å²) in [5, 5.41) is 6.34. The number of nitrogens with zero attached hydrogens (tertiary/aromatic N) is 1. The Hall–Kier alpha value is -2.54. The van der Waals surface area contributed by atoms with Crippen LogP contribution in [0.2, 0.25) is 0 Å². The molecule has 7 heteroatoms. The van der Waals surface area contributed by atoms with E-state index in [4.69, 9.17) is 4.74 Å². The smallest absolute Gasteiger partial charge is 0.317 e. The molecule has 31 heavy (non-hydrogen) atoms. The zero-order valence-electron chi connectivity index (χ0n) is 18.1. The summed E-state index contributed by atoms with van der Waals surface area (Å²) in [5.74, 6) is 0.500. The zero-order valence-corrected chi connectivity index (χ0v) is 18.9. The molecule has 3 amide bonds. The molecule has 0 radical (unpaired) electrons. The van der Waals surface area contributed by atoms with Gasteiger partial charge in [-0.2, -0.15) is 0 Å². The van der Waals surface area contributed by atoms with E-state index in [1.165, 1.54) is 30.6 Å². The van der Waals surface area contributed by atoms with Gasteiger partial charge in [-0.3, -0.25) is 4.79 Å². The van der Waals surface area contributed by atoms with Crippen molar-refractivity contribution < 1.29 is 14.3 Å². The molecule has 166 valence electrons. The maximum absolute atomic E-state index is 12.9. The van der Waals surface area contributed by atoms with Gasteiger partial charge in [0.2, 0.25) is 0 Å². The van der Waals surface area contributed by atoms with Crippen molar-refractivity contribution in [3.05, 3.63) is 41.3 Å². The Morgan fingerprint density at radius 3 is 2.32 bits per heavy atom. The van der Waals surface area contributed by atoms with Crippen molar-refractivity contribution in [2.45, 2.75) is 57.0 Å². The van der Waals surface area contributed by atoms with Gasteiger partial charge >= 0.3 is 6.03 Å². The Bertz CT molecular complexity index is 885. The molecule has 1 aromatic carbocycles. The van der Waals surface area contributed by atoms with Gasteiger partial charge in [0.05, 0.1) is 7.11 Å². The highest BCUT2D eigenvalue weighted by Crippen LogP contribution is 2.36. The molecule has 1 saturated carbocycles. The minimum absolute atomic E-state index is 0.0455. The second-order valence-corrected chi connectivity index (χ2v) is 9.45. The van der Waals surface area contributed by atoms with Crippen LogP contribution in [-0.4, -0.2) is 49.1 Å². The minimum atomic E-state index is -0.103. The summed E-state index contributed by atoms with van der Waals surface area (Å²) in [6.07, 6.45) is 7.40. The molecule has 1 saturated heterocycles. The SMILES string of the molecule is COc1cc(-c2ccccc2)sc1C(=O)NC1CCN(C(=O)NC2CCCCC2)CC1. The number of carbonyl (C=O) groups is 2. The van der Waals surface area contributed by atoms with Crippen molar-refractivity contribution in [3.8, 4) is 16.2 Å². The number of piperidine rings is 1. The average molecular weight is 442 g/mol. The van der Waals surface area contributed by atoms with Crippen molar-refractivity contribution in [2.75, 3.05) is 20.2 Å². The van der Waals surface area contributed by atoms with Crippen molar-refractivity contribution in [2.24, 2.45) is 0 Å². The van der Waals surface area contributed by atoms with Crippen molar-refractivity contribution >= 4 is 23.3 Å². The highest BCUT2D eigenvalue weighted by molar-refractivity contribution is 7.17. The third-order valence-corrected chi connectivity index (χ3v) is 7.40. The number of rotatable bonds is 5. The molecule has 1 aliphatic carbocycles. The second-order valence-electron chi connectivity index (χ2n) is 8.39. The molecular weight excluding hydrogens is 410 g/mol. The van der Waals surface area contributed by atoms with Crippen LogP contribution in [0.3, 0.4) is 0 Å². The largest absolute Gasteiger partial charge is 0.495 e. The van der Waals surface area contributed by atoms with E-state index in [-0.39, 0.29) is 18.0 Å². The number of hydrogen-bond acceptors (Lipinski definition) is 4. The number of amides is 3. The Kier molecular flexibility index (Phi) is 7.12. The molecule has 2 aliphatic rings. The molecular formula is C24H31N3O3S. The van der Waals surface area contributed by atoms with E-state index < -0.39 is 0 Å². The van der Waals surface area contributed by atoms with Gasteiger partial charge in [0, 0.05) is 30.1 Å². The molecule has 0 unspecified atom stereocenters. The molecule has 2 N–H and O–H groups in total. The fraction of sp³-hybridized carbons (Fsp3) is 0.500. The van der Waals surface area contributed by atoms with Gasteiger partial charge in [-0.15, -0.1) is 11.3 Å². The summed E-state index contributed by atoms with van der Waals surface area (Å²) in [7, 11) is 1.59. The van der Waals surface area contributed by atoms with Crippen LogP contribution in [0.1, 0.15) is 54.6 Å². The van der Waals surface area contributed by atoms with Crippen LogP contribution in [0.4, 0.5) is 4.79 Å².